The molecule has 0 unspecified atom stereocenters. The summed E-state index contributed by atoms with van der Waals surface area (Å²) in [5.41, 5.74) is 1.02. The summed E-state index contributed by atoms with van der Waals surface area (Å²) in [4.78, 5) is 16.2. The molecule has 0 spiro atoms. The molecular weight excluding hydrogens is 188 g/mol. The van der Waals surface area contributed by atoms with Crippen LogP contribution < -0.4 is 4.90 Å². The Hall–Kier alpha value is -1.35. The second kappa shape index (κ2) is 3.35. The highest BCUT2D eigenvalue weighted by molar-refractivity contribution is 5.99. The van der Waals surface area contributed by atoms with E-state index in [2.05, 4.69) is 4.90 Å². The fourth-order valence-electron chi connectivity index (χ4n) is 2.52. The van der Waals surface area contributed by atoms with Gasteiger partial charge in [0.05, 0.1) is 12.7 Å². The fourth-order valence-corrected chi connectivity index (χ4v) is 2.52. The first kappa shape index (κ1) is 8.92. The molecule has 0 N–H and O–H groups in total. The average molecular weight is 202 g/mol. The number of carbonyl (C=O) groups is 1. The third kappa shape index (κ3) is 1.35. The maximum atomic E-state index is 12.1. The summed E-state index contributed by atoms with van der Waals surface area (Å²) in [7, 11) is 0. The summed E-state index contributed by atoms with van der Waals surface area (Å²) in [5, 5.41) is 0. The molecule has 78 valence electrons. The predicted octanol–water partition coefficient (Wildman–Crippen LogP) is 1.46. The third-order valence-corrected chi connectivity index (χ3v) is 3.31. The van der Waals surface area contributed by atoms with Gasteiger partial charge in [-0.15, -0.1) is 0 Å². The van der Waals surface area contributed by atoms with Gasteiger partial charge in [-0.3, -0.25) is 14.6 Å². The fraction of sp³-hybridized carbons (Fsp3) is 0.417. The number of anilines is 1. The molecule has 2 aliphatic rings. The number of fused-ring (bicyclic) bond motifs is 1. The maximum Gasteiger partial charge on any atom is 0.245 e. The second-order valence-corrected chi connectivity index (χ2v) is 4.21. The van der Waals surface area contributed by atoms with E-state index in [1.54, 1.807) is 0 Å². The van der Waals surface area contributed by atoms with Gasteiger partial charge in [-0.2, -0.15) is 0 Å². The number of carbonyl (C=O) groups excluding carboxylic acids is 1. The number of rotatable bonds is 1. The molecule has 2 fully saturated rings. The van der Waals surface area contributed by atoms with Gasteiger partial charge in [-0.25, -0.2) is 0 Å². The average Bonchev–Trinajstić information content (AvgIpc) is 2.83. The van der Waals surface area contributed by atoms with Crippen LogP contribution in [-0.4, -0.2) is 30.1 Å². The first-order valence-corrected chi connectivity index (χ1v) is 5.47. The Labute approximate surface area is 89.3 Å². The number of hydrogen-bond donors (Lipinski definition) is 0. The highest BCUT2D eigenvalue weighted by Crippen LogP contribution is 2.29. The lowest BCUT2D eigenvalue weighted by molar-refractivity contribution is -0.119. The smallest absolute Gasteiger partial charge is 0.245 e. The molecule has 0 aliphatic carbocycles. The maximum absolute atomic E-state index is 12.1. The minimum absolute atomic E-state index is 0.158. The van der Waals surface area contributed by atoms with E-state index in [9.17, 15) is 4.79 Å². The Bertz CT molecular complexity index is 376. The van der Waals surface area contributed by atoms with E-state index >= 15 is 0 Å². The van der Waals surface area contributed by atoms with Crippen LogP contribution >= 0.6 is 0 Å². The highest BCUT2D eigenvalue weighted by Gasteiger charge is 2.41. The Morgan fingerprint density at radius 1 is 1.20 bits per heavy atom. The minimum Gasteiger partial charge on any atom is -0.298 e. The Kier molecular flexibility index (Phi) is 1.99. The summed E-state index contributed by atoms with van der Waals surface area (Å²) >= 11 is 0. The van der Waals surface area contributed by atoms with Gasteiger partial charge in [-0.1, -0.05) is 18.2 Å². The van der Waals surface area contributed by atoms with Crippen LogP contribution in [0.15, 0.2) is 30.3 Å². The lowest BCUT2D eigenvalue weighted by atomic mass is 10.2. The molecule has 3 nitrogen and oxygen atoms in total. The van der Waals surface area contributed by atoms with Crippen LogP contribution in [0.1, 0.15) is 12.8 Å². The molecule has 2 heterocycles. The quantitative estimate of drug-likeness (QED) is 0.688. The molecule has 15 heavy (non-hydrogen) atoms. The van der Waals surface area contributed by atoms with E-state index in [0.717, 1.165) is 25.3 Å². The van der Waals surface area contributed by atoms with Crippen molar-refractivity contribution in [2.45, 2.75) is 18.9 Å². The lowest BCUT2D eigenvalue weighted by Crippen LogP contribution is -2.28. The molecular formula is C12H14N2O. The monoisotopic (exact) mass is 202 g/mol. The summed E-state index contributed by atoms with van der Waals surface area (Å²) < 4.78 is 0. The van der Waals surface area contributed by atoms with E-state index in [0.29, 0.717) is 0 Å². The zero-order valence-electron chi connectivity index (χ0n) is 8.60. The number of amides is 1. The van der Waals surface area contributed by atoms with Crippen molar-refractivity contribution in [3.63, 3.8) is 0 Å². The SMILES string of the molecule is O=C1[C@@H]2CCCN2CN1c1ccccc1. The molecule has 1 aromatic rings. The van der Waals surface area contributed by atoms with Gasteiger partial charge in [0.25, 0.3) is 0 Å². The molecule has 1 amide bonds. The van der Waals surface area contributed by atoms with Crippen LogP contribution in [0.4, 0.5) is 5.69 Å². The van der Waals surface area contributed by atoms with Crippen LogP contribution in [0, 0.1) is 0 Å². The lowest BCUT2D eigenvalue weighted by Gasteiger charge is -2.16. The van der Waals surface area contributed by atoms with Gasteiger partial charge in [-0.05, 0) is 25.0 Å². The number of benzene rings is 1. The Balaban J connectivity index is 1.88. The first-order chi connectivity index (χ1) is 7.36. The van der Waals surface area contributed by atoms with Crippen LogP contribution in [0.25, 0.3) is 0 Å². The van der Waals surface area contributed by atoms with Crippen LogP contribution in [0.5, 0.6) is 0 Å². The van der Waals surface area contributed by atoms with Gasteiger partial charge in [0.1, 0.15) is 0 Å². The molecule has 3 rings (SSSR count). The van der Waals surface area contributed by atoms with E-state index in [4.69, 9.17) is 0 Å². The predicted molar refractivity (Wildman–Crippen MR) is 58.5 cm³/mol. The van der Waals surface area contributed by atoms with Crippen LogP contribution in [0.3, 0.4) is 0 Å². The first-order valence-electron chi connectivity index (χ1n) is 5.47. The summed E-state index contributed by atoms with van der Waals surface area (Å²) in [5.74, 6) is 0.277. The molecule has 0 aromatic heterocycles. The van der Waals surface area contributed by atoms with Crippen molar-refractivity contribution in [1.29, 1.82) is 0 Å². The van der Waals surface area contributed by atoms with Crippen molar-refractivity contribution in [3.05, 3.63) is 30.3 Å². The van der Waals surface area contributed by atoms with Crippen molar-refractivity contribution < 1.29 is 4.79 Å². The summed E-state index contributed by atoms with van der Waals surface area (Å²) in [6.45, 7) is 1.84. The zero-order chi connectivity index (χ0) is 10.3. The zero-order valence-corrected chi connectivity index (χ0v) is 8.60. The van der Waals surface area contributed by atoms with Crippen molar-refractivity contribution in [3.8, 4) is 0 Å². The van der Waals surface area contributed by atoms with Crippen molar-refractivity contribution >= 4 is 11.6 Å². The summed E-state index contributed by atoms with van der Waals surface area (Å²) in [6, 6.07) is 10.1. The largest absolute Gasteiger partial charge is 0.298 e. The van der Waals surface area contributed by atoms with Gasteiger partial charge in [0.15, 0.2) is 0 Å². The molecule has 0 saturated carbocycles. The normalized spacial score (nSPS) is 26.0. The molecule has 0 bridgehead atoms. The van der Waals surface area contributed by atoms with Gasteiger partial charge >= 0.3 is 0 Å². The molecule has 3 heteroatoms. The van der Waals surface area contributed by atoms with Gasteiger partial charge < -0.3 is 0 Å². The second-order valence-electron chi connectivity index (χ2n) is 4.21. The van der Waals surface area contributed by atoms with Crippen molar-refractivity contribution in [2.24, 2.45) is 0 Å². The minimum atomic E-state index is 0.158. The Morgan fingerprint density at radius 2 is 2.00 bits per heavy atom. The molecule has 0 radical (unpaired) electrons. The molecule has 2 aliphatic heterocycles. The number of para-hydroxylation sites is 1. The summed E-state index contributed by atoms with van der Waals surface area (Å²) in [6.07, 6.45) is 2.20. The molecule has 1 atom stereocenters. The highest BCUT2D eigenvalue weighted by atomic mass is 16.2. The van der Waals surface area contributed by atoms with E-state index in [-0.39, 0.29) is 11.9 Å². The topological polar surface area (TPSA) is 23.6 Å². The molecule has 2 saturated heterocycles. The molecule has 1 aromatic carbocycles. The van der Waals surface area contributed by atoms with Crippen molar-refractivity contribution in [2.75, 3.05) is 18.1 Å². The van der Waals surface area contributed by atoms with E-state index < -0.39 is 0 Å². The Morgan fingerprint density at radius 3 is 2.73 bits per heavy atom. The van der Waals surface area contributed by atoms with E-state index in [1.165, 1.54) is 6.42 Å². The number of hydrogen-bond acceptors (Lipinski definition) is 2. The van der Waals surface area contributed by atoms with Crippen LogP contribution in [0.2, 0.25) is 0 Å². The third-order valence-electron chi connectivity index (χ3n) is 3.31. The number of nitrogens with zero attached hydrogens (tertiary/aromatic N) is 2. The van der Waals surface area contributed by atoms with Crippen molar-refractivity contribution in [1.82, 2.24) is 4.90 Å². The van der Waals surface area contributed by atoms with Gasteiger partial charge in [0, 0.05) is 12.2 Å². The standard InChI is InChI=1S/C12H14N2O/c15-12-11-7-4-8-13(11)9-14(12)10-5-2-1-3-6-10/h1-3,5-6,11H,4,7-9H2/t11-/m0/s1. The van der Waals surface area contributed by atoms with E-state index in [1.807, 2.05) is 35.2 Å². The van der Waals surface area contributed by atoms with Gasteiger partial charge in [0.2, 0.25) is 5.91 Å². The van der Waals surface area contributed by atoms with Crippen LogP contribution in [-0.2, 0) is 4.79 Å².